The van der Waals surface area contributed by atoms with Gasteiger partial charge in [0.1, 0.15) is 17.6 Å². The lowest BCUT2D eigenvalue weighted by atomic mass is 9.97. The van der Waals surface area contributed by atoms with E-state index in [1.165, 1.54) is 23.3 Å². The zero-order valence-electron chi connectivity index (χ0n) is 17.8. The third kappa shape index (κ3) is 3.43. The van der Waals surface area contributed by atoms with E-state index in [2.05, 4.69) is 0 Å². The van der Waals surface area contributed by atoms with Crippen LogP contribution in [0, 0.1) is 20.8 Å². The van der Waals surface area contributed by atoms with Gasteiger partial charge in [-0.3, -0.25) is 14.5 Å². The fraction of sp³-hybridized carbons (Fsp3) is 0.200. The van der Waals surface area contributed by atoms with Crippen LogP contribution in [0.1, 0.15) is 33.2 Å². The van der Waals surface area contributed by atoms with E-state index in [0.29, 0.717) is 17.0 Å². The van der Waals surface area contributed by atoms with Gasteiger partial charge in [0, 0.05) is 10.6 Å². The van der Waals surface area contributed by atoms with Gasteiger partial charge in [-0.1, -0.05) is 18.2 Å². The Morgan fingerprint density at radius 3 is 2.39 bits per heavy atom. The number of benzene rings is 2. The fourth-order valence-corrected chi connectivity index (χ4v) is 4.90. The third-order valence-corrected chi connectivity index (χ3v) is 6.80. The Labute approximate surface area is 185 Å². The van der Waals surface area contributed by atoms with Gasteiger partial charge in [0.15, 0.2) is 0 Å². The van der Waals surface area contributed by atoms with E-state index in [0.717, 1.165) is 21.6 Å². The van der Waals surface area contributed by atoms with Gasteiger partial charge < -0.3 is 9.84 Å². The van der Waals surface area contributed by atoms with Crippen molar-refractivity contribution in [1.29, 1.82) is 0 Å². The van der Waals surface area contributed by atoms with Crippen molar-refractivity contribution in [2.45, 2.75) is 26.8 Å². The number of ether oxygens (including phenoxy) is 1. The van der Waals surface area contributed by atoms with Crippen LogP contribution in [0.2, 0.25) is 0 Å². The first-order chi connectivity index (χ1) is 14.8. The maximum atomic E-state index is 13.2. The summed E-state index contributed by atoms with van der Waals surface area (Å²) >= 11 is 1.46. The van der Waals surface area contributed by atoms with Gasteiger partial charge in [-0.2, -0.15) is 0 Å². The number of rotatable bonds is 4. The Kier molecular flexibility index (Phi) is 5.41. The number of nitrogens with zero attached hydrogens (tertiary/aromatic N) is 1. The molecular formula is C25H23NO4S. The quantitative estimate of drug-likeness (QED) is 0.344. The molecule has 1 aliphatic heterocycles. The van der Waals surface area contributed by atoms with Crippen molar-refractivity contribution in [3.63, 3.8) is 0 Å². The number of hydrogen-bond acceptors (Lipinski definition) is 5. The number of carbonyl (C=O) groups excluding carboxylic acids is 2. The predicted molar refractivity (Wildman–Crippen MR) is 123 cm³/mol. The summed E-state index contributed by atoms with van der Waals surface area (Å²) in [6.45, 7) is 5.90. The molecule has 0 saturated carbocycles. The minimum atomic E-state index is -0.716. The van der Waals surface area contributed by atoms with Crippen molar-refractivity contribution in [1.82, 2.24) is 0 Å². The first-order valence-corrected chi connectivity index (χ1v) is 10.8. The Morgan fingerprint density at radius 1 is 1.00 bits per heavy atom. The van der Waals surface area contributed by atoms with Crippen LogP contribution in [0.25, 0.3) is 5.76 Å². The number of para-hydroxylation sites is 1. The molecule has 2 aromatic carbocycles. The highest BCUT2D eigenvalue weighted by molar-refractivity contribution is 7.10. The van der Waals surface area contributed by atoms with E-state index < -0.39 is 17.7 Å². The minimum absolute atomic E-state index is 0.0679. The topological polar surface area (TPSA) is 66.8 Å². The molecule has 1 aromatic heterocycles. The average Bonchev–Trinajstić information content (AvgIpc) is 3.30. The molecule has 1 aliphatic rings. The molecule has 4 rings (SSSR count). The third-order valence-electron chi connectivity index (χ3n) is 5.73. The van der Waals surface area contributed by atoms with Crippen molar-refractivity contribution in [3.05, 3.63) is 86.6 Å². The summed E-state index contributed by atoms with van der Waals surface area (Å²) < 4.78 is 5.38. The molecule has 1 atom stereocenters. The highest BCUT2D eigenvalue weighted by Gasteiger charge is 2.48. The SMILES string of the molecule is COc1ccccc1/C(O)=C1/C(=O)C(=O)N(c2ccc(C)c(C)c2)C1c1sccc1C. The second-order valence-corrected chi connectivity index (χ2v) is 8.55. The largest absolute Gasteiger partial charge is 0.507 e. The molecule has 0 radical (unpaired) electrons. The number of thiophene rings is 1. The van der Waals surface area contributed by atoms with Crippen LogP contribution in [-0.4, -0.2) is 23.9 Å². The van der Waals surface area contributed by atoms with Crippen molar-refractivity contribution >= 4 is 34.5 Å². The van der Waals surface area contributed by atoms with Crippen LogP contribution in [0.4, 0.5) is 5.69 Å². The molecule has 5 nitrogen and oxygen atoms in total. The van der Waals surface area contributed by atoms with E-state index in [1.54, 1.807) is 24.3 Å². The number of aliphatic hydroxyl groups is 1. The van der Waals surface area contributed by atoms with E-state index in [-0.39, 0.29) is 11.3 Å². The Hall–Kier alpha value is -3.38. The molecule has 1 N–H and O–H groups in total. The highest BCUT2D eigenvalue weighted by atomic mass is 32.1. The molecule has 0 spiro atoms. The van der Waals surface area contributed by atoms with Crippen molar-refractivity contribution in [3.8, 4) is 5.75 Å². The number of Topliss-reactive ketones (excluding diaryl/α,β-unsaturated/α-hetero) is 1. The Bertz CT molecular complexity index is 1220. The summed E-state index contributed by atoms with van der Waals surface area (Å²) in [5, 5.41) is 13.2. The van der Waals surface area contributed by atoms with Crippen molar-refractivity contribution in [2.75, 3.05) is 12.0 Å². The van der Waals surface area contributed by atoms with Crippen LogP contribution in [-0.2, 0) is 9.59 Å². The number of anilines is 1. The van der Waals surface area contributed by atoms with Gasteiger partial charge in [0.05, 0.1) is 18.2 Å². The lowest BCUT2D eigenvalue weighted by molar-refractivity contribution is -0.132. The molecule has 1 fully saturated rings. The standard InChI is InChI=1S/C25H23NO4S/c1-14-9-10-17(13-16(14)3)26-21(24-15(2)11-12-31-24)20(23(28)25(26)29)22(27)18-7-5-6-8-19(18)30-4/h5-13,21,27H,1-4H3/b22-20-. The molecule has 3 aromatic rings. The minimum Gasteiger partial charge on any atom is -0.507 e. The zero-order valence-corrected chi connectivity index (χ0v) is 18.6. The Balaban J connectivity index is 1.98. The number of amides is 1. The number of methoxy groups -OCH3 is 1. The lowest BCUT2D eigenvalue weighted by Gasteiger charge is -2.25. The average molecular weight is 434 g/mol. The molecule has 158 valence electrons. The maximum Gasteiger partial charge on any atom is 0.300 e. The molecular weight excluding hydrogens is 410 g/mol. The predicted octanol–water partition coefficient (Wildman–Crippen LogP) is 5.31. The Morgan fingerprint density at radius 2 is 1.74 bits per heavy atom. The molecule has 1 saturated heterocycles. The van der Waals surface area contributed by atoms with Crippen molar-refractivity contribution in [2.24, 2.45) is 0 Å². The number of ketones is 1. The smallest absolute Gasteiger partial charge is 0.300 e. The van der Waals surface area contributed by atoms with Crippen LogP contribution >= 0.6 is 11.3 Å². The number of aryl methyl sites for hydroxylation is 3. The summed E-state index contributed by atoms with van der Waals surface area (Å²) in [5.74, 6) is -1.17. The summed E-state index contributed by atoms with van der Waals surface area (Å²) in [5.41, 5.74) is 4.14. The van der Waals surface area contributed by atoms with Crippen LogP contribution in [0.15, 0.2) is 59.5 Å². The molecule has 31 heavy (non-hydrogen) atoms. The fourth-order valence-electron chi connectivity index (χ4n) is 3.87. The summed E-state index contributed by atoms with van der Waals surface area (Å²) in [7, 11) is 1.50. The summed E-state index contributed by atoms with van der Waals surface area (Å²) in [6, 6.07) is 13.8. The normalized spacial score (nSPS) is 17.9. The first-order valence-electron chi connectivity index (χ1n) is 9.90. The van der Waals surface area contributed by atoms with Crippen LogP contribution < -0.4 is 9.64 Å². The molecule has 6 heteroatoms. The molecule has 0 aliphatic carbocycles. The molecule has 1 amide bonds. The molecule has 0 bridgehead atoms. The van der Waals surface area contributed by atoms with E-state index >= 15 is 0 Å². The van der Waals surface area contributed by atoms with E-state index in [9.17, 15) is 14.7 Å². The zero-order chi connectivity index (χ0) is 22.3. The monoisotopic (exact) mass is 433 g/mol. The van der Waals surface area contributed by atoms with Gasteiger partial charge in [-0.15, -0.1) is 11.3 Å². The van der Waals surface area contributed by atoms with E-state index in [4.69, 9.17) is 4.74 Å². The van der Waals surface area contributed by atoms with Gasteiger partial charge in [-0.25, -0.2) is 0 Å². The van der Waals surface area contributed by atoms with Gasteiger partial charge in [-0.05, 0) is 73.2 Å². The second kappa shape index (κ2) is 8.04. The van der Waals surface area contributed by atoms with Crippen LogP contribution in [0.3, 0.4) is 0 Å². The second-order valence-electron chi connectivity index (χ2n) is 7.61. The maximum absolute atomic E-state index is 13.2. The van der Waals surface area contributed by atoms with Crippen LogP contribution in [0.5, 0.6) is 5.75 Å². The molecule has 2 heterocycles. The molecule has 1 unspecified atom stereocenters. The van der Waals surface area contributed by atoms with Gasteiger partial charge >= 0.3 is 0 Å². The number of aliphatic hydroxyl groups excluding tert-OH is 1. The lowest BCUT2D eigenvalue weighted by Crippen LogP contribution is -2.29. The summed E-state index contributed by atoms with van der Waals surface area (Å²) in [6.07, 6.45) is 0. The highest BCUT2D eigenvalue weighted by Crippen LogP contribution is 2.45. The first kappa shape index (κ1) is 20.9. The van der Waals surface area contributed by atoms with Gasteiger partial charge in [0.25, 0.3) is 11.7 Å². The van der Waals surface area contributed by atoms with Crippen molar-refractivity contribution < 1.29 is 19.4 Å². The van der Waals surface area contributed by atoms with E-state index in [1.807, 2.05) is 50.4 Å². The van der Waals surface area contributed by atoms with Gasteiger partial charge in [0.2, 0.25) is 0 Å². The number of carbonyl (C=O) groups is 2. The summed E-state index contributed by atoms with van der Waals surface area (Å²) in [4.78, 5) is 28.8. The number of hydrogen-bond donors (Lipinski definition) is 1.